The van der Waals surface area contributed by atoms with Crippen LogP contribution in [0.25, 0.3) is 0 Å². The van der Waals surface area contributed by atoms with Crippen LogP contribution in [0.15, 0.2) is 24.3 Å². The van der Waals surface area contributed by atoms with Crippen molar-refractivity contribution in [2.75, 3.05) is 18.2 Å². The minimum atomic E-state index is -0.556. The number of nitrogen functional groups attached to an aromatic ring is 1. The third-order valence-electron chi connectivity index (χ3n) is 2.85. The van der Waals surface area contributed by atoms with Crippen molar-refractivity contribution >= 4 is 46.4 Å². The second kappa shape index (κ2) is 6.20. The van der Waals surface area contributed by atoms with Crippen molar-refractivity contribution in [1.29, 1.82) is 0 Å². The molecule has 1 aromatic heterocycles. The number of methoxy groups -OCH3 is 1. The summed E-state index contributed by atoms with van der Waals surface area (Å²) in [5, 5.41) is 3.85. The van der Waals surface area contributed by atoms with Crippen LogP contribution in [-0.4, -0.2) is 18.1 Å². The van der Waals surface area contributed by atoms with Crippen molar-refractivity contribution in [2.24, 2.45) is 0 Å². The molecule has 0 saturated carbocycles. The monoisotopic (exact) mass is 325 g/mol. The van der Waals surface area contributed by atoms with Crippen LogP contribution in [0.4, 0.5) is 17.2 Å². The Hall–Kier alpha value is -1.98. The van der Waals surface area contributed by atoms with E-state index in [1.165, 1.54) is 13.2 Å². The van der Waals surface area contributed by atoms with Crippen LogP contribution >= 0.6 is 23.2 Å². The van der Waals surface area contributed by atoms with Gasteiger partial charge in [0.05, 0.1) is 28.5 Å². The summed E-state index contributed by atoms with van der Waals surface area (Å²) in [6.07, 6.45) is 0. The van der Waals surface area contributed by atoms with E-state index in [2.05, 4.69) is 15.0 Å². The fourth-order valence-corrected chi connectivity index (χ4v) is 2.14. The number of nitrogens with one attached hydrogen (secondary N) is 1. The lowest BCUT2D eigenvalue weighted by Gasteiger charge is -2.13. The second-order valence-electron chi connectivity index (χ2n) is 4.30. The Morgan fingerprint density at radius 1 is 1.29 bits per heavy atom. The number of nitrogens with two attached hydrogens (primary N) is 1. The highest BCUT2D eigenvalue weighted by Gasteiger charge is 2.14. The van der Waals surface area contributed by atoms with Gasteiger partial charge in [-0.05, 0) is 30.7 Å². The predicted molar refractivity (Wildman–Crippen MR) is 84.5 cm³/mol. The molecule has 0 amide bonds. The van der Waals surface area contributed by atoms with E-state index in [9.17, 15) is 4.79 Å². The van der Waals surface area contributed by atoms with E-state index < -0.39 is 5.97 Å². The zero-order valence-electron chi connectivity index (χ0n) is 11.4. The minimum Gasteiger partial charge on any atom is -0.464 e. The highest BCUT2D eigenvalue weighted by atomic mass is 35.5. The quantitative estimate of drug-likeness (QED) is 0.839. The molecule has 2 aromatic rings. The molecule has 0 saturated heterocycles. The number of ether oxygens (including phenoxy) is 1. The van der Waals surface area contributed by atoms with E-state index in [1.807, 2.05) is 6.92 Å². The smallest absolute Gasteiger partial charge is 0.356 e. The Labute approximate surface area is 132 Å². The first-order valence-corrected chi connectivity index (χ1v) is 6.76. The van der Waals surface area contributed by atoms with Crippen molar-refractivity contribution in [1.82, 2.24) is 4.98 Å². The number of carbonyl (C=O) groups excluding carboxylic acids is 1. The number of hydrogen-bond acceptors (Lipinski definition) is 5. The topological polar surface area (TPSA) is 77.2 Å². The number of rotatable bonds is 3. The van der Waals surface area contributed by atoms with Crippen LogP contribution in [0.5, 0.6) is 0 Å². The van der Waals surface area contributed by atoms with Gasteiger partial charge >= 0.3 is 5.97 Å². The lowest BCUT2D eigenvalue weighted by Crippen LogP contribution is -2.08. The Morgan fingerprint density at radius 2 is 2.00 bits per heavy atom. The zero-order chi connectivity index (χ0) is 15.6. The molecule has 0 spiro atoms. The molecule has 2 rings (SSSR count). The van der Waals surface area contributed by atoms with Gasteiger partial charge in [-0.3, -0.25) is 0 Å². The Morgan fingerprint density at radius 3 is 2.67 bits per heavy atom. The molecule has 0 aliphatic heterocycles. The first-order valence-electron chi connectivity index (χ1n) is 6.00. The first kappa shape index (κ1) is 15.4. The average Bonchev–Trinajstić information content (AvgIpc) is 2.48. The van der Waals surface area contributed by atoms with Crippen LogP contribution in [0.3, 0.4) is 0 Å². The predicted octanol–water partition coefficient (Wildman–Crippen LogP) is 3.81. The number of nitrogens with zero attached hydrogens (tertiary/aromatic N) is 1. The van der Waals surface area contributed by atoms with E-state index >= 15 is 0 Å². The SMILES string of the molecule is COC(=O)c1ccc(N)c(Nc2c(Cl)ccc(C)c2Cl)n1. The molecule has 0 atom stereocenters. The number of hydrogen-bond donors (Lipinski definition) is 2. The molecule has 0 aliphatic rings. The number of aromatic nitrogens is 1. The number of benzene rings is 1. The van der Waals surface area contributed by atoms with E-state index in [0.717, 1.165) is 5.56 Å². The van der Waals surface area contributed by atoms with Crippen molar-refractivity contribution in [3.05, 3.63) is 45.6 Å². The standard InChI is InChI=1S/C14H13Cl2N3O2/c1-7-3-4-8(15)12(11(7)16)19-13-9(17)5-6-10(18-13)14(20)21-2/h3-6H,17H2,1-2H3,(H,18,19). The molecule has 7 heteroatoms. The molecule has 21 heavy (non-hydrogen) atoms. The largest absolute Gasteiger partial charge is 0.464 e. The van der Waals surface area contributed by atoms with E-state index in [-0.39, 0.29) is 11.5 Å². The summed E-state index contributed by atoms with van der Waals surface area (Å²) in [7, 11) is 1.28. The van der Waals surface area contributed by atoms with Gasteiger partial charge in [-0.15, -0.1) is 0 Å². The van der Waals surface area contributed by atoms with E-state index in [0.29, 0.717) is 21.4 Å². The third kappa shape index (κ3) is 3.20. The van der Waals surface area contributed by atoms with Gasteiger partial charge < -0.3 is 15.8 Å². The van der Waals surface area contributed by atoms with Crippen molar-refractivity contribution < 1.29 is 9.53 Å². The van der Waals surface area contributed by atoms with Gasteiger partial charge in [-0.1, -0.05) is 29.3 Å². The fourth-order valence-electron chi connectivity index (χ4n) is 1.68. The molecule has 110 valence electrons. The van der Waals surface area contributed by atoms with Gasteiger partial charge in [0.1, 0.15) is 0 Å². The van der Waals surface area contributed by atoms with Gasteiger partial charge in [0, 0.05) is 0 Å². The number of anilines is 3. The van der Waals surface area contributed by atoms with Gasteiger partial charge in [0.2, 0.25) is 0 Å². The minimum absolute atomic E-state index is 0.133. The normalized spacial score (nSPS) is 10.3. The number of halogens is 2. The van der Waals surface area contributed by atoms with Gasteiger partial charge in [-0.25, -0.2) is 9.78 Å². The van der Waals surface area contributed by atoms with Crippen LogP contribution in [0, 0.1) is 6.92 Å². The summed E-state index contributed by atoms with van der Waals surface area (Å²) in [5.41, 5.74) is 7.68. The van der Waals surface area contributed by atoms with Gasteiger partial charge in [0.25, 0.3) is 0 Å². The molecule has 3 N–H and O–H groups in total. The molecule has 0 bridgehead atoms. The third-order valence-corrected chi connectivity index (χ3v) is 3.65. The van der Waals surface area contributed by atoms with Crippen LogP contribution in [-0.2, 0) is 4.74 Å². The summed E-state index contributed by atoms with van der Waals surface area (Å²) in [6, 6.07) is 6.55. The van der Waals surface area contributed by atoms with Gasteiger partial charge in [0.15, 0.2) is 11.5 Å². The molecule has 0 radical (unpaired) electrons. The second-order valence-corrected chi connectivity index (χ2v) is 5.09. The van der Waals surface area contributed by atoms with Crippen molar-refractivity contribution in [3.63, 3.8) is 0 Å². The van der Waals surface area contributed by atoms with Crippen LogP contribution in [0.1, 0.15) is 16.1 Å². The highest BCUT2D eigenvalue weighted by Crippen LogP contribution is 2.35. The highest BCUT2D eigenvalue weighted by molar-refractivity contribution is 6.39. The first-order chi connectivity index (χ1) is 9.93. The number of esters is 1. The summed E-state index contributed by atoms with van der Waals surface area (Å²) in [4.78, 5) is 15.6. The van der Waals surface area contributed by atoms with E-state index in [4.69, 9.17) is 28.9 Å². The van der Waals surface area contributed by atoms with Crippen molar-refractivity contribution in [2.45, 2.75) is 6.92 Å². The number of carbonyl (C=O) groups is 1. The fraction of sp³-hybridized carbons (Fsp3) is 0.143. The molecule has 0 unspecified atom stereocenters. The average molecular weight is 326 g/mol. The maximum atomic E-state index is 11.5. The molecule has 1 heterocycles. The summed E-state index contributed by atoms with van der Waals surface area (Å²) >= 11 is 12.3. The number of pyridine rings is 1. The Bertz CT molecular complexity index is 705. The van der Waals surface area contributed by atoms with Crippen LogP contribution < -0.4 is 11.1 Å². The van der Waals surface area contributed by atoms with Crippen molar-refractivity contribution in [3.8, 4) is 0 Å². The lowest BCUT2D eigenvalue weighted by atomic mass is 10.2. The Balaban J connectivity index is 2.45. The Kier molecular flexibility index (Phi) is 4.55. The van der Waals surface area contributed by atoms with Gasteiger partial charge in [-0.2, -0.15) is 0 Å². The summed E-state index contributed by atoms with van der Waals surface area (Å²) in [5.74, 6) is -0.271. The molecule has 1 aromatic carbocycles. The maximum absolute atomic E-state index is 11.5. The zero-order valence-corrected chi connectivity index (χ0v) is 12.9. The number of aryl methyl sites for hydroxylation is 1. The lowest BCUT2D eigenvalue weighted by molar-refractivity contribution is 0.0594. The molecular formula is C14H13Cl2N3O2. The summed E-state index contributed by atoms with van der Waals surface area (Å²) in [6.45, 7) is 1.85. The maximum Gasteiger partial charge on any atom is 0.356 e. The molecule has 0 fully saturated rings. The summed E-state index contributed by atoms with van der Waals surface area (Å²) < 4.78 is 4.63. The van der Waals surface area contributed by atoms with Crippen LogP contribution in [0.2, 0.25) is 10.0 Å². The molecule has 0 aliphatic carbocycles. The molecular weight excluding hydrogens is 313 g/mol. The van der Waals surface area contributed by atoms with E-state index in [1.54, 1.807) is 18.2 Å². The molecule has 5 nitrogen and oxygen atoms in total.